The highest BCUT2D eigenvalue weighted by Crippen LogP contribution is 2.27. The van der Waals surface area contributed by atoms with Gasteiger partial charge in [-0.05, 0) is 18.2 Å². The predicted octanol–water partition coefficient (Wildman–Crippen LogP) is 1.72. The molecule has 0 aliphatic carbocycles. The first kappa shape index (κ1) is 17.0. The van der Waals surface area contributed by atoms with E-state index in [2.05, 4.69) is 10.6 Å². The molecule has 0 fully saturated rings. The van der Waals surface area contributed by atoms with Crippen molar-refractivity contribution in [1.29, 1.82) is 0 Å². The van der Waals surface area contributed by atoms with Gasteiger partial charge in [0.2, 0.25) is 0 Å². The number of amides is 1. The van der Waals surface area contributed by atoms with Crippen molar-refractivity contribution < 1.29 is 14.3 Å². The Balaban J connectivity index is 2.16. The number of carbonyl (C=O) groups excluding carboxylic acids is 1. The Hall–Kier alpha value is -1.01. The van der Waals surface area contributed by atoms with Gasteiger partial charge in [0.15, 0.2) is 6.61 Å². The number of benzene rings is 1. The van der Waals surface area contributed by atoms with Crippen LogP contribution in [0.1, 0.15) is 0 Å². The highest BCUT2D eigenvalue weighted by Gasteiger charge is 2.05. The first-order valence-corrected chi connectivity index (χ1v) is 6.93. The molecule has 7 heteroatoms. The van der Waals surface area contributed by atoms with Gasteiger partial charge in [0, 0.05) is 31.8 Å². The van der Waals surface area contributed by atoms with Gasteiger partial charge in [0.1, 0.15) is 5.75 Å². The van der Waals surface area contributed by atoms with Gasteiger partial charge in [0.05, 0.1) is 11.6 Å². The number of carbonyl (C=O) groups is 1. The Bertz CT molecular complexity index is 430. The fraction of sp³-hybridized carbons (Fsp3) is 0.462. The molecule has 0 unspecified atom stereocenters. The monoisotopic (exact) mass is 320 g/mol. The van der Waals surface area contributed by atoms with E-state index in [0.717, 1.165) is 6.54 Å². The van der Waals surface area contributed by atoms with Crippen LogP contribution in [0.2, 0.25) is 10.0 Å². The first-order chi connectivity index (χ1) is 9.63. The van der Waals surface area contributed by atoms with E-state index in [1.165, 1.54) is 0 Å². The molecule has 0 atom stereocenters. The zero-order valence-corrected chi connectivity index (χ0v) is 12.8. The molecule has 1 aromatic carbocycles. The standard InChI is InChI=1S/C13H18Cl2N2O3/c1-19-7-6-16-4-5-17-13(18)9-20-12-3-2-10(14)8-11(12)15/h2-3,8,16H,4-7,9H2,1H3,(H,17,18). The van der Waals surface area contributed by atoms with E-state index in [1.807, 2.05) is 0 Å². The molecule has 0 heterocycles. The van der Waals surface area contributed by atoms with Gasteiger partial charge in [-0.2, -0.15) is 0 Å². The van der Waals surface area contributed by atoms with Crippen LogP contribution in [0, 0.1) is 0 Å². The minimum atomic E-state index is -0.204. The average molecular weight is 321 g/mol. The van der Waals surface area contributed by atoms with Gasteiger partial charge in [-0.15, -0.1) is 0 Å². The van der Waals surface area contributed by atoms with E-state index in [-0.39, 0.29) is 12.5 Å². The summed E-state index contributed by atoms with van der Waals surface area (Å²) in [6.45, 7) is 2.52. The third-order valence-electron chi connectivity index (χ3n) is 2.36. The lowest BCUT2D eigenvalue weighted by Crippen LogP contribution is -2.35. The van der Waals surface area contributed by atoms with E-state index in [4.69, 9.17) is 32.7 Å². The highest BCUT2D eigenvalue weighted by atomic mass is 35.5. The smallest absolute Gasteiger partial charge is 0.257 e. The Morgan fingerprint density at radius 1 is 1.25 bits per heavy atom. The van der Waals surface area contributed by atoms with Crippen molar-refractivity contribution in [3.8, 4) is 5.75 Å². The zero-order valence-electron chi connectivity index (χ0n) is 11.2. The lowest BCUT2D eigenvalue weighted by atomic mass is 10.3. The fourth-order valence-electron chi connectivity index (χ4n) is 1.38. The molecule has 0 aliphatic rings. The first-order valence-electron chi connectivity index (χ1n) is 6.17. The van der Waals surface area contributed by atoms with Crippen LogP contribution in [0.3, 0.4) is 0 Å². The lowest BCUT2D eigenvalue weighted by Gasteiger charge is -2.09. The molecule has 112 valence electrons. The van der Waals surface area contributed by atoms with E-state index in [1.54, 1.807) is 25.3 Å². The zero-order chi connectivity index (χ0) is 14.8. The van der Waals surface area contributed by atoms with E-state index in [0.29, 0.717) is 35.5 Å². The summed E-state index contributed by atoms with van der Waals surface area (Å²) in [6.07, 6.45) is 0. The van der Waals surface area contributed by atoms with Gasteiger partial charge >= 0.3 is 0 Å². The van der Waals surface area contributed by atoms with Crippen molar-refractivity contribution in [1.82, 2.24) is 10.6 Å². The highest BCUT2D eigenvalue weighted by molar-refractivity contribution is 6.35. The van der Waals surface area contributed by atoms with Crippen LogP contribution in [-0.2, 0) is 9.53 Å². The number of hydrogen-bond donors (Lipinski definition) is 2. The van der Waals surface area contributed by atoms with E-state index in [9.17, 15) is 4.79 Å². The van der Waals surface area contributed by atoms with Gasteiger partial charge < -0.3 is 20.1 Å². The van der Waals surface area contributed by atoms with Gasteiger partial charge in [-0.25, -0.2) is 0 Å². The van der Waals surface area contributed by atoms with Gasteiger partial charge in [0.25, 0.3) is 5.91 Å². The summed E-state index contributed by atoms with van der Waals surface area (Å²) < 4.78 is 10.2. The maximum absolute atomic E-state index is 11.5. The van der Waals surface area contributed by atoms with Crippen LogP contribution in [-0.4, -0.2) is 45.9 Å². The molecule has 1 rings (SSSR count). The largest absolute Gasteiger partial charge is 0.482 e. The summed E-state index contributed by atoms with van der Waals surface area (Å²) in [5.41, 5.74) is 0. The quantitative estimate of drug-likeness (QED) is 0.680. The second kappa shape index (κ2) is 9.83. The van der Waals surface area contributed by atoms with Crippen molar-refractivity contribution >= 4 is 29.1 Å². The maximum Gasteiger partial charge on any atom is 0.257 e. The third-order valence-corrected chi connectivity index (χ3v) is 2.89. The molecule has 20 heavy (non-hydrogen) atoms. The van der Waals surface area contributed by atoms with Crippen molar-refractivity contribution in [3.05, 3.63) is 28.2 Å². The number of rotatable bonds is 9. The molecule has 0 aliphatic heterocycles. The SMILES string of the molecule is COCCNCCNC(=O)COc1ccc(Cl)cc1Cl. The van der Waals surface area contributed by atoms with Crippen molar-refractivity contribution in [2.75, 3.05) is 40.0 Å². The summed E-state index contributed by atoms with van der Waals surface area (Å²) in [5.74, 6) is 0.231. The van der Waals surface area contributed by atoms with Crippen molar-refractivity contribution in [3.63, 3.8) is 0 Å². The number of methoxy groups -OCH3 is 1. The molecule has 0 aromatic heterocycles. The number of nitrogens with one attached hydrogen (secondary N) is 2. The molecular weight excluding hydrogens is 303 g/mol. The molecule has 0 saturated carbocycles. The topological polar surface area (TPSA) is 59.6 Å². The summed E-state index contributed by atoms with van der Waals surface area (Å²) in [6, 6.07) is 4.85. The molecule has 0 bridgehead atoms. The molecule has 1 aromatic rings. The summed E-state index contributed by atoms with van der Waals surface area (Å²) in [4.78, 5) is 11.5. The Kier molecular flexibility index (Phi) is 8.37. The molecule has 5 nitrogen and oxygen atoms in total. The molecule has 1 amide bonds. The van der Waals surface area contributed by atoms with Crippen molar-refractivity contribution in [2.24, 2.45) is 0 Å². The fourth-order valence-corrected chi connectivity index (χ4v) is 1.84. The van der Waals surface area contributed by atoms with E-state index < -0.39 is 0 Å². The minimum absolute atomic E-state index is 0.0839. The second-order valence-electron chi connectivity index (χ2n) is 3.96. The normalized spacial score (nSPS) is 10.3. The van der Waals surface area contributed by atoms with Crippen LogP contribution >= 0.6 is 23.2 Å². The predicted molar refractivity (Wildman–Crippen MR) is 79.7 cm³/mol. The Morgan fingerprint density at radius 2 is 2.05 bits per heavy atom. The Labute approximate surface area is 128 Å². The summed E-state index contributed by atoms with van der Waals surface area (Å²) in [5, 5.41) is 6.74. The molecule has 0 spiro atoms. The number of halogens is 2. The third kappa shape index (κ3) is 6.96. The van der Waals surface area contributed by atoms with Gasteiger partial charge in [-0.1, -0.05) is 23.2 Å². The van der Waals surface area contributed by atoms with Crippen LogP contribution in [0.15, 0.2) is 18.2 Å². The Morgan fingerprint density at radius 3 is 2.75 bits per heavy atom. The van der Waals surface area contributed by atoms with Crippen LogP contribution < -0.4 is 15.4 Å². The summed E-state index contributed by atoms with van der Waals surface area (Å²) in [7, 11) is 1.64. The second-order valence-corrected chi connectivity index (χ2v) is 4.80. The van der Waals surface area contributed by atoms with Crippen LogP contribution in [0.25, 0.3) is 0 Å². The summed E-state index contributed by atoms with van der Waals surface area (Å²) >= 11 is 11.7. The minimum Gasteiger partial charge on any atom is -0.482 e. The maximum atomic E-state index is 11.5. The van der Waals surface area contributed by atoms with Crippen LogP contribution in [0.4, 0.5) is 0 Å². The molecule has 0 saturated heterocycles. The number of hydrogen-bond acceptors (Lipinski definition) is 4. The average Bonchev–Trinajstić information content (AvgIpc) is 2.41. The van der Waals surface area contributed by atoms with Crippen LogP contribution in [0.5, 0.6) is 5.75 Å². The van der Waals surface area contributed by atoms with Gasteiger partial charge in [-0.3, -0.25) is 4.79 Å². The molecule has 0 radical (unpaired) electrons. The number of ether oxygens (including phenoxy) is 2. The van der Waals surface area contributed by atoms with E-state index >= 15 is 0 Å². The van der Waals surface area contributed by atoms with Crippen molar-refractivity contribution in [2.45, 2.75) is 0 Å². The molecule has 2 N–H and O–H groups in total. The molecular formula is C13H18Cl2N2O3. The lowest BCUT2D eigenvalue weighted by molar-refractivity contribution is -0.123.